The highest BCUT2D eigenvalue weighted by Gasteiger charge is 2.62. The predicted octanol–water partition coefficient (Wildman–Crippen LogP) is -0.269. The minimum absolute atomic E-state index is 0.238. The van der Waals surface area contributed by atoms with E-state index in [1.165, 1.54) is 0 Å². The third kappa shape index (κ3) is 1.78. The van der Waals surface area contributed by atoms with Crippen LogP contribution in [0.4, 0.5) is 13.2 Å². The molecule has 0 radical (unpaired) electrons. The smallest absolute Gasteiger partial charge is 0.378 e. The maximum Gasteiger partial charge on any atom is 0.420 e. The number of amides is 1. The van der Waals surface area contributed by atoms with E-state index in [4.69, 9.17) is 0 Å². The molecule has 2 heterocycles. The molecular weight excluding hydrogens is 225 g/mol. The topological polar surface area (TPSA) is 52.6 Å². The molecule has 2 aliphatic heterocycles. The fourth-order valence-electron chi connectivity index (χ4n) is 2.04. The van der Waals surface area contributed by atoms with Gasteiger partial charge in [-0.25, -0.2) is 0 Å². The average molecular weight is 238 g/mol. The minimum Gasteiger partial charge on any atom is -0.378 e. The van der Waals surface area contributed by atoms with Crippen molar-refractivity contribution in [3.63, 3.8) is 0 Å². The Morgan fingerprint density at radius 1 is 1.44 bits per heavy atom. The minimum atomic E-state index is -4.66. The fraction of sp³-hybridized carbons (Fsp3) is 0.889. The maximum absolute atomic E-state index is 12.3. The van der Waals surface area contributed by atoms with Crippen molar-refractivity contribution in [2.45, 2.75) is 18.2 Å². The van der Waals surface area contributed by atoms with Crippen molar-refractivity contribution in [3.8, 4) is 0 Å². The van der Waals surface area contributed by atoms with Crippen LogP contribution in [0, 0.1) is 5.92 Å². The van der Waals surface area contributed by atoms with Crippen LogP contribution in [0.3, 0.4) is 0 Å². The molecule has 92 valence electrons. The predicted molar refractivity (Wildman–Crippen MR) is 48.6 cm³/mol. The summed E-state index contributed by atoms with van der Waals surface area (Å²) in [6, 6.07) is 0. The van der Waals surface area contributed by atoms with Gasteiger partial charge in [0.2, 0.25) is 5.91 Å². The number of rotatable bonds is 1. The Balaban J connectivity index is 1.90. The van der Waals surface area contributed by atoms with E-state index in [1.54, 1.807) is 0 Å². The number of β-amino-alcohol motifs (C(OH)–C–C–N with tert-alkyl or cyclic N) is 1. The lowest BCUT2D eigenvalue weighted by Crippen LogP contribution is -2.70. The van der Waals surface area contributed by atoms with Crippen molar-refractivity contribution in [1.82, 2.24) is 10.2 Å². The van der Waals surface area contributed by atoms with Gasteiger partial charge in [0.15, 0.2) is 5.60 Å². The first-order valence-corrected chi connectivity index (χ1v) is 5.12. The number of nitrogens with zero attached hydrogens (tertiary/aromatic N) is 1. The van der Waals surface area contributed by atoms with Gasteiger partial charge in [0.25, 0.3) is 0 Å². The molecular formula is C9H13F3N2O2. The van der Waals surface area contributed by atoms with Crippen molar-refractivity contribution in [2.75, 3.05) is 26.2 Å². The zero-order valence-electron chi connectivity index (χ0n) is 8.55. The van der Waals surface area contributed by atoms with Crippen LogP contribution in [0.2, 0.25) is 0 Å². The number of likely N-dealkylation sites (tertiary alicyclic amines) is 1. The van der Waals surface area contributed by atoms with Crippen LogP contribution >= 0.6 is 0 Å². The van der Waals surface area contributed by atoms with Crippen molar-refractivity contribution in [3.05, 3.63) is 0 Å². The molecule has 2 saturated heterocycles. The van der Waals surface area contributed by atoms with Crippen LogP contribution in [0.25, 0.3) is 0 Å². The Morgan fingerprint density at radius 3 is 2.50 bits per heavy atom. The number of halogens is 3. The third-order valence-electron chi connectivity index (χ3n) is 3.15. The molecule has 2 aliphatic rings. The molecule has 7 heteroatoms. The summed E-state index contributed by atoms with van der Waals surface area (Å²) >= 11 is 0. The Hall–Kier alpha value is -0.820. The van der Waals surface area contributed by atoms with E-state index in [0.717, 1.165) is 4.90 Å². The zero-order chi connectivity index (χ0) is 12.0. The first kappa shape index (κ1) is 11.7. The lowest BCUT2D eigenvalue weighted by atomic mass is 9.91. The van der Waals surface area contributed by atoms with Gasteiger partial charge in [0.05, 0.1) is 19.0 Å². The molecule has 0 spiro atoms. The number of alkyl halides is 3. The molecule has 2 fully saturated rings. The Labute approximate surface area is 90.4 Å². The Morgan fingerprint density at radius 2 is 2.06 bits per heavy atom. The van der Waals surface area contributed by atoms with Gasteiger partial charge < -0.3 is 15.3 Å². The molecule has 1 atom stereocenters. The van der Waals surface area contributed by atoms with Gasteiger partial charge in [-0.05, 0) is 13.0 Å². The molecule has 4 nitrogen and oxygen atoms in total. The molecule has 2 rings (SSSR count). The summed E-state index contributed by atoms with van der Waals surface area (Å²) in [5.41, 5.74) is -2.70. The first-order valence-electron chi connectivity index (χ1n) is 5.12. The first-order chi connectivity index (χ1) is 7.33. The molecule has 0 aromatic rings. The summed E-state index contributed by atoms with van der Waals surface area (Å²) in [6.45, 7) is -0.0365. The standard InChI is InChI=1S/C9H13F3N2O2/c10-9(11,12)8(16)4-14(5-8)7(15)6-1-2-13-3-6/h6,13,16H,1-5H2. The molecule has 0 aliphatic carbocycles. The van der Waals surface area contributed by atoms with Crippen LogP contribution in [0.5, 0.6) is 0 Å². The van der Waals surface area contributed by atoms with Gasteiger partial charge in [0, 0.05) is 6.54 Å². The van der Waals surface area contributed by atoms with Gasteiger partial charge >= 0.3 is 6.18 Å². The van der Waals surface area contributed by atoms with Gasteiger partial charge in [-0.2, -0.15) is 13.2 Å². The van der Waals surface area contributed by atoms with Crippen LogP contribution in [0.15, 0.2) is 0 Å². The molecule has 2 N–H and O–H groups in total. The number of aliphatic hydroxyl groups is 1. The highest BCUT2D eigenvalue weighted by atomic mass is 19.4. The second kappa shape index (κ2) is 3.59. The van der Waals surface area contributed by atoms with Gasteiger partial charge in [-0.15, -0.1) is 0 Å². The van der Waals surface area contributed by atoms with Crippen LogP contribution in [0.1, 0.15) is 6.42 Å². The van der Waals surface area contributed by atoms with Crippen molar-refractivity contribution in [1.29, 1.82) is 0 Å². The van der Waals surface area contributed by atoms with Crippen molar-refractivity contribution in [2.24, 2.45) is 5.92 Å². The van der Waals surface area contributed by atoms with E-state index in [-0.39, 0.29) is 11.8 Å². The van der Waals surface area contributed by atoms with Gasteiger partial charge in [0.1, 0.15) is 0 Å². The largest absolute Gasteiger partial charge is 0.420 e. The van der Waals surface area contributed by atoms with Crippen LogP contribution in [-0.4, -0.2) is 53.9 Å². The second-order valence-corrected chi connectivity index (χ2v) is 4.41. The maximum atomic E-state index is 12.3. The number of carbonyl (C=O) groups excluding carboxylic acids is 1. The molecule has 1 amide bonds. The molecule has 16 heavy (non-hydrogen) atoms. The van der Waals surface area contributed by atoms with Gasteiger partial charge in [-0.1, -0.05) is 0 Å². The quantitative estimate of drug-likeness (QED) is 0.661. The monoisotopic (exact) mass is 238 g/mol. The van der Waals surface area contributed by atoms with Crippen molar-refractivity contribution < 1.29 is 23.1 Å². The number of carbonyl (C=O) groups is 1. The Kier molecular flexibility index (Phi) is 2.62. The van der Waals surface area contributed by atoms with E-state index in [2.05, 4.69) is 5.32 Å². The normalized spacial score (nSPS) is 29.0. The third-order valence-corrected chi connectivity index (χ3v) is 3.15. The van der Waals surface area contributed by atoms with Crippen molar-refractivity contribution >= 4 is 5.91 Å². The zero-order valence-corrected chi connectivity index (χ0v) is 8.55. The van der Waals surface area contributed by atoms with E-state index < -0.39 is 24.9 Å². The average Bonchev–Trinajstić information content (AvgIpc) is 2.62. The highest BCUT2D eigenvalue weighted by molar-refractivity contribution is 5.80. The Bertz CT molecular complexity index is 294. The highest BCUT2D eigenvalue weighted by Crippen LogP contribution is 2.38. The lowest BCUT2D eigenvalue weighted by molar-refractivity contribution is -0.297. The molecule has 0 saturated carbocycles. The molecule has 1 unspecified atom stereocenters. The van der Waals surface area contributed by atoms with Crippen LogP contribution in [-0.2, 0) is 4.79 Å². The van der Waals surface area contributed by atoms with E-state index >= 15 is 0 Å². The van der Waals surface area contributed by atoms with E-state index in [0.29, 0.717) is 19.5 Å². The fourth-order valence-corrected chi connectivity index (χ4v) is 2.04. The van der Waals surface area contributed by atoms with Gasteiger partial charge in [-0.3, -0.25) is 4.79 Å². The number of hydrogen-bond acceptors (Lipinski definition) is 3. The summed E-state index contributed by atoms with van der Waals surface area (Å²) in [6.07, 6.45) is -4.00. The lowest BCUT2D eigenvalue weighted by Gasteiger charge is -2.47. The summed E-state index contributed by atoms with van der Waals surface area (Å²) in [4.78, 5) is 12.7. The molecule has 0 bridgehead atoms. The summed E-state index contributed by atoms with van der Waals surface area (Å²) in [5.74, 6) is -0.531. The summed E-state index contributed by atoms with van der Waals surface area (Å²) < 4.78 is 36.9. The van der Waals surface area contributed by atoms with E-state index in [1.807, 2.05) is 0 Å². The SMILES string of the molecule is O=C(C1CCNC1)N1CC(O)(C(F)(F)F)C1. The number of hydrogen-bond donors (Lipinski definition) is 2. The second-order valence-electron chi connectivity index (χ2n) is 4.41. The molecule has 0 aromatic carbocycles. The van der Waals surface area contributed by atoms with Crippen LogP contribution < -0.4 is 5.32 Å². The van der Waals surface area contributed by atoms with E-state index in [9.17, 15) is 23.1 Å². The molecule has 0 aromatic heterocycles. The summed E-state index contributed by atoms with van der Waals surface area (Å²) in [7, 11) is 0. The summed E-state index contributed by atoms with van der Waals surface area (Å²) in [5, 5.41) is 12.1. The number of nitrogens with one attached hydrogen (secondary N) is 1.